The van der Waals surface area contributed by atoms with Crippen LogP contribution < -0.4 is 20.8 Å². The molecule has 0 bridgehead atoms. The zero-order chi connectivity index (χ0) is 27.4. The van der Waals surface area contributed by atoms with E-state index in [1.54, 1.807) is 25.1 Å². The van der Waals surface area contributed by atoms with E-state index in [0.29, 0.717) is 65.9 Å². The molecule has 0 aliphatic carbocycles. The average Bonchev–Trinajstić information content (AvgIpc) is 2.85. The summed E-state index contributed by atoms with van der Waals surface area (Å²) in [7, 11) is 0. The van der Waals surface area contributed by atoms with Crippen molar-refractivity contribution in [1.29, 1.82) is 0 Å². The minimum atomic E-state index is -4.77. The van der Waals surface area contributed by atoms with Crippen LogP contribution in [0.5, 0.6) is 11.5 Å². The highest BCUT2D eigenvalue weighted by Gasteiger charge is 2.31. The Morgan fingerprint density at radius 1 is 1.16 bits per heavy atom. The summed E-state index contributed by atoms with van der Waals surface area (Å²) in [5.41, 5.74) is 6.84. The molecule has 4 rings (SSSR count). The Morgan fingerprint density at radius 2 is 1.82 bits per heavy atom. The van der Waals surface area contributed by atoms with Crippen LogP contribution in [0.1, 0.15) is 29.5 Å². The summed E-state index contributed by atoms with van der Waals surface area (Å²) in [6, 6.07) is 10.4. The predicted molar refractivity (Wildman–Crippen MR) is 133 cm³/mol. The molecular weight excluding hydrogens is 505 g/mol. The number of nitrogens with two attached hydrogens (primary N) is 1. The second-order valence-electron chi connectivity index (χ2n) is 9.46. The van der Waals surface area contributed by atoms with Gasteiger partial charge in [-0.05, 0) is 68.2 Å². The fourth-order valence-corrected chi connectivity index (χ4v) is 4.62. The van der Waals surface area contributed by atoms with E-state index in [9.17, 15) is 27.9 Å². The first-order valence-electron chi connectivity index (χ1n) is 12.2. The van der Waals surface area contributed by atoms with Crippen molar-refractivity contribution < 1.29 is 37.0 Å². The molecule has 1 aliphatic heterocycles. The maximum Gasteiger partial charge on any atom is 0.573 e. The number of carbonyl (C=O) groups is 1. The van der Waals surface area contributed by atoms with Crippen molar-refractivity contribution in [3.8, 4) is 11.5 Å². The predicted octanol–water partition coefficient (Wildman–Crippen LogP) is 3.53. The molecule has 1 unspecified atom stereocenters. The molecule has 0 radical (unpaired) electrons. The van der Waals surface area contributed by atoms with Gasteiger partial charge in [-0.3, -0.25) is 4.79 Å². The molecule has 3 N–H and O–H groups in total. The van der Waals surface area contributed by atoms with Crippen LogP contribution in [-0.2, 0) is 11.2 Å². The van der Waals surface area contributed by atoms with E-state index in [0.717, 1.165) is 0 Å². The number of nitrogens with zero attached hydrogens (tertiary/aromatic N) is 1. The molecule has 3 aromatic rings. The van der Waals surface area contributed by atoms with Gasteiger partial charge in [-0.1, -0.05) is 12.1 Å². The topological polar surface area (TPSA) is 115 Å². The molecule has 38 heavy (non-hydrogen) atoms. The lowest BCUT2D eigenvalue weighted by Gasteiger charge is -2.31. The van der Waals surface area contributed by atoms with Gasteiger partial charge in [0.2, 0.25) is 5.91 Å². The molecule has 1 fully saturated rings. The Labute approximate surface area is 216 Å². The zero-order valence-corrected chi connectivity index (χ0v) is 20.8. The number of β-amino-alcohol motifs (C(OH)–C–C–N with tert-alkyl or cyclic N) is 1. The highest BCUT2D eigenvalue weighted by molar-refractivity contribution is 5.82. The third-order valence-electron chi connectivity index (χ3n) is 6.70. The highest BCUT2D eigenvalue weighted by Crippen LogP contribution is 2.27. The second kappa shape index (κ2) is 11.4. The molecule has 1 atom stereocenters. The van der Waals surface area contributed by atoms with Crippen LogP contribution in [0.4, 0.5) is 13.2 Å². The van der Waals surface area contributed by atoms with Gasteiger partial charge in [0.1, 0.15) is 29.8 Å². The van der Waals surface area contributed by atoms with Gasteiger partial charge in [-0.15, -0.1) is 13.2 Å². The van der Waals surface area contributed by atoms with Crippen molar-refractivity contribution in [2.24, 2.45) is 11.7 Å². The molecule has 1 aromatic heterocycles. The quantitative estimate of drug-likeness (QED) is 0.404. The fraction of sp³-hybridized carbons (Fsp3) is 0.407. The van der Waals surface area contributed by atoms with Crippen LogP contribution in [-0.4, -0.2) is 54.6 Å². The molecule has 2 aromatic carbocycles. The average molecular weight is 535 g/mol. The first-order chi connectivity index (χ1) is 18.0. The van der Waals surface area contributed by atoms with Gasteiger partial charge in [-0.25, -0.2) is 4.79 Å². The normalized spacial score (nSPS) is 15.9. The monoisotopic (exact) mass is 534 g/mol. The molecule has 1 aliphatic rings. The highest BCUT2D eigenvalue weighted by atomic mass is 19.4. The molecular formula is C27H29F3N2O6. The van der Waals surface area contributed by atoms with Crippen LogP contribution in [0.3, 0.4) is 0 Å². The van der Waals surface area contributed by atoms with E-state index < -0.39 is 18.1 Å². The first-order valence-corrected chi connectivity index (χ1v) is 12.2. The Morgan fingerprint density at radius 3 is 2.45 bits per heavy atom. The van der Waals surface area contributed by atoms with Crippen LogP contribution >= 0.6 is 0 Å². The number of hydrogen-bond donors (Lipinski definition) is 2. The largest absolute Gasteiger partial charge is 0.573 e. The number of primary amides is 1. The van der Waals surface area contributed by atoms with E-state index in [-0.39, 0.29) is 30.6 Å². The van der Waals surface area contributed by atoms with E-state index in [4.69, 9.17) is 14.9 Å². The second-order valence-corrected chi connectivity index (χ2v) is 9.46. The molecule has 1 amide bonds. The number of rotatable bonds is 9. The molecule has 11 heteroatoms. The number of aliphatic hydroxyl groups is 1. The number of hydrogen-bond acceptors (Lipinski definition) is 7. The van der Waals surface area contributed by atoms with Gasteiger partial charge in [0.05, 0.1) is 0 Å². The Kier molecular flexibility index (Phi) is 8.27. The number of benzene rings is 2. The molecule has 2 heterocycles. The van der Waals surface area contributed by atoms with Gasteiger partial charge in [0, 0.05) is 35.9 Å². The van der Waals surface area contributed by atoms with Gasteiger partial charge in [0.25, 0.3) is 0 Å². The number of halogens is 3. The number of fused-ring (bicyclic) bond motifs is 1. The number of aliphatic hydroxyl groups excluding tert-OH is 1. The minimum Gasteiger partial charge on any atom is -0.491 e. The summed E-state index contributed by atoms with van der Waals surface area (Å²) in [5.74, 6) is -0.310. The van der Waals surface area contributed by atoms with Crippen LogP contribution in [0, 0.1) is 12.8 Å². The third kappa shape index (κ3) is 7.05. The number of alkyl halides is 3. The third-order valence-corrected chi connectivity index (χ3v) is 6.70. The number of likely N-dealkylation sites (tertiary alicyclic amines) is 1. The lowest BCUT2D eigenvalue weighted by molar-refractivity contribution is -0.274. The molecule has 0 saturated carbocycles. The van der Waals surface area contributed by atoms with E-state index in [2.05, 4.69) is 9.64 Å². The van der Waals surface area contributed by atoms with Gasteiger partial charge >= 0.3 is 12.0 Å². The van der Waals surface area contributed by atoms with Crippen LogP contribution in [0.25, 0.3) is 11.0 Å². The van der Waals surface area contributed by atoms with Crippen molar-refractivity contribution in [3.05, 3.63) is 69.6 Å². The number of amides is 1. The van der Waals surface area contributed by atoms with E-state index in [1.165, 1.54) is 24.3 Å². The SMILES string of the molecule is Cc1c(Cc2ccc(OC(F)(F)F)cc2)c(=O)oc2cc(OCC(O)CN3CCC(C(N)=O)CC3)ccc12. The summed E-state index contributed by atoms with van der Waals surface area (Å²) in [6.07, 6.45) is -4.00. The summed E-state index contributed by atoms with van der Waals surface area (Å²) >= 11 is 0. The molecule has 8 nitrogen and oxygen atoms in total. The Balaban J connectivity index is 1.38. The van der Waals surface area contributed by atoms with Crippen molar-refractivity contribution in [2.75, 3.05) is 26.2 Å². The Hall–Kier alpha value is -3.57. The van der Waals surface area contributed by atoms with E-state index >= 15 is 0 Å². The summed E-state index contributed by atoms with van der Waals surface area (Å²) < 4.78 is 52.3. The van der Waals surface area contributed by atoms with Crippen LogP contribution in [0.15, 0.2) is 51.7 Å². The van der Waals surface area contributed by atoms with Crippen molar-refractivity contribution in [1.82, 2.24) is 4.90 Å². The van der Waals surface area contributed by atoms with Crippen molar-refractivity contribution >= 4 is 16.9 Å². The number of carbonyl (C=O) groups excluding carboxylic acids is 1. The summed E-state index contributed by atoms with van der Waals surface area (Å²) in [5, 5.41) is 11.1. The zero-order valence-electron chi connectivity index (χ0n) is 20.8. The maximum absolute atomic E-state index is 12.7. The summed E-state index contributed by atoms with van der Waals surface area (Å²) in [6.45, 7) is 3.58. The Bertz CT molecular complexity index is 1330. The lowest BCUT2D eigenvalue weighted by atomic mass is 9.96. The van der Waals surface area contributed by atoms with E-state index in [1.807, 2.05) is 0 Å². The smallest absolute Gasteiger partial charge is 0.491 e. The number of piperidine rings is 1. The number of ether oxygens (including phenoxy) is 2. The fourth-order valence-electron chi connectivity index (χ4n) is 4.62. The lowest BCUT2D eigenvalue weighted by Crippen LogP contribution is -2.43. The van der Waals surface area contributed by atoms with Crippen molar-refractivity contribution in [2.45, 2.75) is 38.7 Å². The molecule has 1 saturated heterocycles. The van der Waals surface area contributed by atoms with Gasteiger partial charge in [0.15, 0.2) is 0 Å². The molecule has 0 spiro atoms. The standard InChI is InChI=1S/C27H29F3N2O6/c1-16-22-7-6-21(36-15-19(33)14-32-10-8-18(9-11-32)25(31)34)13-24(22)37-26(35)23(16)12-17-2-4-20(5-3-17)38-27(28,29)30/h2-7,13,18-19,33H,8-12,14-15H2,1H3,(H2,31,34). The van der Waals surface area contributed by atoms with Gasteiger partial charge < -0.3 is 29.6 Å². The molecule has 204 valence electrons. The summed E-state index contributed by atoms with van der Waals surface area (Å²) in [4.78, 5) is 26.1. The number of aryl methyl sites for hydroxylation is 1. The van der Waals surface area contributed by atoms with Crippen molar-refractivity contribution in [3.63, 3.8) is 0 Å². The first kappa shape index (κ1) is 27.5. The maximum atomic E-state index is 12.7. The van der Waals surface area contributed by atoms with Crippen LogP contribution in [0.2, 0.25) is 0 Å². The minimum absolute atomic E-state index is 0.0383. The van der Waals surface area contributed by atoms with Gasteiger partial charge in [-0.2, -0.15) is 0 Å².